The predicted octanol–water partition coefficient (Wildman–Crippen LogP) is 5.23. The number of ether oxygens (including phenoxy) is 1. The monoisotopic (exact) mass is 425 g/mol. The van der Waals surface area contributed by atoms with E-state index in [1.54, 1.807) is 14.0 Å². The standard InChI is InChI=1S/C25H23N5O2/c1-14-22-21(23(28-27-22)16-8-9-16)24(19-6-4-5-7-20(19)31-3)30(14)18-12-10-17(11-13-18)25-26-15(2)32-29-25/h4-7,10-13,16,24H,1,8-9H2,2-3H3,(H,27,28). The smallest absolute Gasteiger partial charge is 0.223 e. The van der Waals surface area contributed by atoms with Crippen molar-refractivity contribution in [3.63, 3.8) is 0 Å². The normalized spacial score (nSPS) is 17.6. The second kappa shape index (κ2) is 7.09. The summed E-state index contributed by atoms with van der Waals surface area (Å²) in [5, 5.41) is 12.0. The summed E-state index contributed by atoms with van der Waals surface area (Å²) in [6.45, 7) is 6.21. The minimum Gasteiger partial charge on any atom is -0.496 e. The Morgan fingerprint density at radius 3 is 2.59 bits per heavy atom. The van der Waals surface area contributed by atoms with Crippen LogP contribution in [0, 0.1) is 6.92 Å². The van der Waals surface area contributed by atoms with Crippen molar-refractivity contribution in [2.24, 2.45) is 0 Å². The predicted molar refractivity (Wildman–Crippen MR) is 121 cm³/mol. The first-order valence-corrected chi connectivity index (χ1v) is 10.8. The Morgan fingerprint density at radius 1 is 1.12 bits per heavy atom. The van der Waals surface area contributed by atoms with Gasteiger partial charge in [0, 0.05) is 40.9 Å². The molecule has 1 aliphatic carbocycles. The average Bonchev–Trinajstić information content (AvgIpc) is 3.30. The second-order valence-corrected chi connectivity index (χ2v) is 8.32. The number of fused-ring (bicyclic) bond motifs is 1. The van der Waals surface area contributed by atoms with Crippen LogP contribution in [0.1, 0.15) is 53.2 Å². The van der Waals surface area contributed by atoms with Gasteiger partial charge in [-0.3, -0.25) is 5.10 Å². The van der Waals surface area contributed by atoms with E-state index in [0.717, 1.165) is 34.0 Å². The van der Waals surface area contributed by atoms with Crippen LogP contribution in [0.25, 0.3) is 17.1 Å². The van der Waals surface area contributed by atoms with E-state index >= 15 is 0 Å². The Labute approximate surface area is 185 Å². The van der Waals surface area contributed by atoms with Gasteiger partial charge in [-0.05, 0) is 43.2 Å². The molecular weight excluding hydrogens is 402 g/mol. The first-order chi connectivity index (χ1) is 15.7. The topological polar surface area (TPSA) is 80.1 Å². The largest absolute Gasteiger partial charge is 0.496 e. The summed E-state index contributed by atoms with van der Waals surface area (Å²) in [4.78, 5) is 6.58. The Bertz CT molecular complexity index is 1320. The van der Waals surface area contributed by atoms with Gasteiger partial charge in [0.05, 0.1) is 18.8 Å². The molecule has 2 aliphatic rings. The zero-order valence-electron chi connectivity index (χ0n) is 18.0. The molecule has 0 bridgehead atoms. The van der Waals surface area contributed by atoms with Gasteiger partial charge in [0.15, 0.2) is 0 Å². The van der Waals surface area contributed by atoms with Crippen molar-refractivity contribution in [3.05, 3.63) is 83.5 Å². The number of anilines is 1. The van der Waals surface area contributed by atoms with Crippen molar-refractivity contribution in [2.45, 2.75) is 31.7 Å². The molecule has 7 heteroatoms. The molecule has 1 N–H and O–H groups in total. The average molecular weight is 425 g/mol. The fourth-order valence-corrected chi connectivity index (χ4v) is 4.62. The number of aryl methyl sites for hydroxylation is 1. The zero-order chi connectivity index (χ0) is 21.8. The Morgan fingerprint density at radius 2 is 1.91 bits per heavy atom. The van der Waals surface area contributed by atoms with Gasteiger partial charge in [-0.2, -0.15) is 10.1 Å². The Balaban J connectivity index is 1.48. The molecule has 1 unspecified atom stereocenters. The van der Waals surface area contributed by atoms with E-state index in [9.17, 15) is 0 Å². The maximum absolute atomic E-state index is 5.75. The van der Waals surface area contributed by atoms with Gasteiger partial charge in [0.2, 0.25) is 11.7 Å². The van der Waals surface area contributed by atoms with Gasteiger partial charge in [-0.1, -0.05) is 29.9 Å². The van der Waals surface area contributed by atoms with Crippen LogP contribution < -0.4 is 9.64 Å². The number of benzene rings is 2. The number of hydrogen-bond acceptors (Lipinski definition) is 6. The molecule has 7 nitrogen and oxygen atoms in total. The van der Waals surface area contributed by atoms with Crippen LogP contribution in [0.15, 0.2) is 59.6 Å². The first kappa shape index (κ1) is 18.9. The molecule has 1 atom stereocenters. The molecule has 1 aliphatic heterocycles. The van der Waals surface area contributed by atoms with Crippen LogP contribution in [0.4, 0.5) is 5.69 Å². The van der Waals surface area contributed by atoms with Crippen molar-refractivity contribution < 1.29 is 9.26 Å². The quantitative estimate of drug-likeness (QED) is 0.471. The number of hydrogen-bond donors (Lipinski definition) is 1. The van der Waals surface area contributed by atoms with Crippen molar-refractivity contribution in [1.29, 1.82) is 0 Å². The highest BCUT2D eigenvalue weighted by molar-refractivity contribution is 5.87. The van der Waals surface area contributed by atoms with Gasteiger partial charge < -0.3 is 14.2 Å². The number of nitrogens with one attached hydrogen (secondary N) is 1. The van der Waals surface area contributed by atoms with E-state index in [1.807, 2.05) is 24.3 Å². The lowest BCUT2D eigenvalue weighted by molar-refractivity contribution is 0.394. The summed E-state index contributed by atoms with van der Waals surface area (Å²) in [6.07, 6.45) is 2.39. The highest BCUT2D eigenvalue weighted by atomic mass is 16.5. The molecule has 32 heavy (non-hydrogen) atoms. The fourth-order valence-electron chi connectivity index (χ4n) is 4.62. The number of aromatic amines is 1. The molecule has 3 heterocycles. The van der Waals surface area contributed by atoms with Gasteiger partial charge in [0.1, 0.15) is 11.4 Å². The van der Waals surface area contributed by atoms with Crippen LogP contribution in [0.2, 0.25) is 0 Å². The lowest BCUT2D eigenvalue weighted by Crippen LogP contribution is -2.23. The van der Waals surface area contributed by atoms with Gasteiger partial charge in [-0.15, -0.1) is 0 Å². The Kier molecular flexibility index (Phi) is 4.18. The molecule has 160 valence electrons. The first-order valence-electron chi connectivity index (χ1n) is 10.8. The molecule has 4 aromatic rings. The third kappa shape index (κ3) is 2.85. The van der Waals surface area contributed by atoms with Crippen LogP contribution in [0.3, 0.4) is 0 Å². The van der Waals surface area contributed by atoms with Crippen molar-refractivity contribution in [2.75, 3.05) is 12.0 Å². The van der Waals surface area contributed by atoms with E-state index in [0.29, 0.717) is 17.6 Å². The van der Waals surface area contributed by atoms with Crippen LogP contribution in [-0.4, -0.2) is 27.4 Å². The number of para-hydroxylation sites is 1. The number of rotatable bonds is 5. The second-order valence-electron chi connectivity index (χ2n) is 8.32. The highest BCUT2D eigenvalue weighted by Crippen LogP contribution is 2.53. The molecule has 2 aromatic heterocycles. The summed E-state index contributed by atoms with van der Waals surface area (Å²) in [5.74, 6) is 2.52. The molecular formula is C25H23N5O2. The van der Waals surface area contributed by atoms with Crippen LogP contribution in [0.5, 0.6) is 5.75 Å². The molecule has 1 saturated carbocycles. The van der Waals surface area contributed by atoms with Crippen molar-refractivity contribution in [1.82, 2.24) is 20.3 Å². The van der Waals surface area contributed by atoms with E-state index in [2.05, 4.69) is 56.1 Å². The number of methoxy groups -OCH3 is 1. The minimum absolute atomic E-state index is 0.0683. The molecule has 2 aromatic carbocycles. The molecule has 0 spiro atoms. The third-order valence-corrected chi connectivity index (χ3v) is 6.28. The lowest BCUT2D eigenvalue weighted by atomic mass is 9.96. The van der Waals surface area contributed by atoms with E-state index in [4.69, 9.17) is 9.26 Å². The van der Waals surface area contributed by atoms with Gasteiger partial charge in [0.25, 0.3) is 0 Å². The summed E-state index contributed by atoms with van der Waals surface area (Å²) in [7, 11) is 1.72. The van der Waals surface area contributed by atoms with Gasteiger partial charge >= 0.3 is 0 Å². The minimum atomic E-state index is -0.0683. The summed E-state index contributed by atoms with van der Waals surface area (Å²) in [6, 6.07) is 16.3. The molecule has 0 radical (unpaired) electrons. The van der Waals surface area contributed by atoms with Gasteiger partial charge in [-0.25, -0.2) is 0 Å². The lowest BCUT2D eigenvalue weighted by Gasteiger charge is -2.30. The van der Waals surface area contributed by atoms with E-state index < -0.39 is 0 Å². The van der Waals surface area contributed by atoms with Crippen LogP contribution >= 0.6 is 0 Å². The maximum atomic E-state index is 5.75. The zero-order valence-corrected chi connectivity index (χ0v) is 18.0. The molecule has 1 fully saturated rings. The summed E-state index contributed by atoms with van der Waals surface area (Å²) < 4.78 is 10.9. The third-order valence-electron chi connectivity index (χ3n) is 6.28. The molecule has 0 saturated heterocycles. The fraction of sp³-hybridized carbons (Fsp3) is 0.240. The maximum Gasteiger partial charge on any atom is 0.223 e. The number of nitrogens with zero attached hydrogens (tertiary/aromatic N) is 4. The summed E-state index contributed by atoms with van der Waals surface area (Å²) >= 11 is 0. The summed E-state index contributed by atoms with van der Waals surface area (Å²) in [5.41, 5.74) is 7.26. The number of aromatic nitrogens is 4. The number of H-pyrrole nitrogens is 1. The SMILES string of the molecule is C=C1c2n[nH]c(C3CC3)c2C(c2ccccc2OC)N1c1ccc(-c2noc(C)n2)cc1. The highest BCUT2D eigenvalue weighted by Gasteiger charge is 2.43. The molecule has 0 amide bonds. The molecule has 6 rings (SSSR count). The Hall–Kier alpha value is -3.87. The van der Waals surface area contributed by atoms with Crippen molar-refractivity contribution >= 4 is 11.4 Å². The van der Waals surface area contributed by atoms with E-state index in [1.165, 1.54) is 24.1 Å². The van der Waals surface area contributed by atoms with Crippen molar-refractivity contribution in [3.8, 4) is 17.1 Å². The van der Waals surface area contributed by atoms with Crippen LogP contribution in [-0.2, 0) is 0 Å². The van der Waals surface area contributed by atoms with E-state index in [-0.39, 0.29) is 6.04 Å².